The number of carbonyl (C=O) groups is 1. The lowest BCUT2D eigenvalue weighted by Crippen LogP contribution is -2.41. The van der Waals surface area contributed by atoms with E-state index < -0.39 is 0 Å². The highest BCUT2D eigenvalue weighted by Gasteiger charge is 2.22. The SMILES string of the molecule is CNCC1CCN(C(=O)CSc2ccc(Br)cc2C)CC1.Cl. The molecule has 124 valence electrons. The zero-order chi connectivity index (χ0) is 15.2. The van der Waals surface area contributed by atoms with Gasteiger partial charge in [-0.1, -0.05) is 15.9 Å². The van der Waals surface area contributed by atoms with Crippen molar-refractivity contribution in [2.24, 2.45) is 5.92 Å². The van der Waals surface area contributed by atoms with Crippen molar-refractivity contribution in [2.45, 2.75) is 24.7 Å². The van der Waals surface area contributed by atoms with Gasteiger partial charge in [0.2, 0.25) is 5.91 Å². The molecule has 1 saturated heterocycles. The summed E-state index contributed by atoms with van der Waals surface area (Å²) in [4.78, 5) is 15.5. The standard InChI is InChI=1S/C16H23BrN2OS.ClH/c1-12-9-14(17)3-4-15(12)21-11-16(20)19-7-5-13(6-8-19)10-18-2;/h3-4,9,13,18H,5-8,10-11H2,1-2H3;1H. The number of nitrogens with one attached hydrogen (secondary N) is 1. The van der Waals surface area contributed by atoms with E-state index in [1.807, 2.05) is 18.0 Å². The number of rotatable bonds is 5. The van der Waals surface area contributed by atoms with Crippen molar-refractivity contribution in [1.29, 1.82) is 0 Å². The van der Waals surface area contributed by atoms with Gasteiger partial charge in [-0.3, -0.25) is 4.79 Å². The number of aryl methyl sites for hydroxylation is 1. The number of halogens is 2. The summed E-state index contributed by atoms with van der Waals surface area (Å²) in [6, 6.07) is 6.20. The highest BCUT2D eigenvalue weighted by molar-refractivity contribution is 9.10. The molecule has 6 heteroatoms. The fourth-order valence-electron chi connectivity index (χ4n) is 2.68. The number of likely N-dealkylation sites (tertiary alicyclic amines) is 1. The van der Waals surface area contributed by atoms with Gasteiger partial charge in [0.15, 0.2) is 0 Å². The van der Waals surface area contributed by atoms with Gasteiger partial charge in [0.25, 0.3) is 0 Å². The number of piperidine rings is 1. The van der Waals surface area contributed by atoms with Crippen LogP contribution in [0.15, 0.2) is 27.6 Å². The van der Waals surface area contributed by atoms with Crippen LogP contribution in [-0.2, 0) is 4.79 Å². The van der Waals surface area contributed by atoms with Crippen LogP contribution in [0.1, 0.15) is 18.4 Å². The second-order valence-corrected chi connectivity index (χ2v) is 7.51. The van der Waals surface area contributed by atoms with Crippen LogP contribution in [0.4, 0.5) is 0 Å². The quantitative estimate of drug-likeness (QED) is 0.755. The Morgan fingerprint density at radius 3 is 2.68 bits per heavy atom. The lowest BCUT2D eigenvalue weighted by Gasteiger charge is -2.32. The highest BCUT2D eigenvalue weighted by atomic mass is 79.9. The van der Waals surface area contributed by atoms with Gasteiger partial charge in [-0.05, 0) is 63.0 Å². The predicted molar refractivity (Wildman–Crippen MR) is 100 cm³/mol. The van der Waals surface area contributed by atoms with Crippen molar-refractivity contribution in [2.75, 3.05) is 32.4 Å². The van der Waals surface area contributed by atoms with E-state index in [0.29, 0.717) is 5.75 Å². The Bertz CT molecular complexity index is 493. The molecule has 3 nitrogen and oxygen atoms in total. The maximum atomic E-state index is 12.3. The Hall–Kier alpha value is -0.230. The number of hydrogen-bond donors (Lipinski definition) is 1. The van der Waals surface area contributed by atoms with Crippen molar-refractivity contribution in [3.05, 3.63) is 28.2 Å². The lowest BCUT2D eigenvalue weighted by molar-refractivity contribution is -0.129. The van der Waals surface area contributed by atoms with Gasteiger partial charge in [0, 0.05) is 22.5 Å². The smallest absolute Gasteiger partial charge is 0.232 e. The highest BCUT2D eigenvalue weighted by Crippen LogP contribution is 2.26. The molecule has 0 bridgehead atoms. The molecule has 0 radical (unpaired) electrons. The van der Waals surface area contributed by atoms with Crippen LogP contribution in [0.2, 0.25) is 0 Å². The Morgan fingerprint density at radius 1 is 1.41 bits per heavy atom. The number of hydrogen-bond acceptors (Lipinski definition) is 3. The Morgan fingerprint density at radius 2 is 2.09 bits per heavy atom. The molecule has 1 N–H and O–H groups in total. The first-order valence-electron chi connectivity index (χ1n) is 7.41. The van der Waals surface area contributed by atoms with E-state index in [0.717, 1.165) is 42.9 Å². The molecule has 1 aliphatic heterocycles. The molecule has 1 fully saturated rings. The van der Waals surface area contributed by atoms with Crippen LogP contribution in [0.3, 0.4) is 0 Å². The number of amides is 1. The Labute approximate surface area is 152 Å². The molecule has 1 aliphatic rings. The third-order valence-corrected chi connectivity index (χ3v) is 5.60. The molecule has 0 aromatic heterocycles. The van der Waals surface area contributed by atoms with Crippen LogP contribution in [0.25, 0.3) is 0 Å². The summed E-state index contributed by atoms with van der Waals surface area (Å²) >= 11 is 5.11. The van der Waals surface area contributed by atoms with Crippen molar-refractivity contribution in [1.82, 2.24) is 10.2 Å². The summed E-state index contributed by atoms with van der Waals surface area (Å²) in [6.45, 7) is 4.96. The maximum absolute atomic E-state index is 12.3. The lowest BCUT2D eigenvalue weighted by atomic mass is 9.97. The van der Waals surface area contributed by atoms with Crippen molar-refractivity contribution in [3.63, 3.8) is 0 Å². The van der Waals surface area contributed by atoms with E-state index in [1.54, 1.807) is 11.8 Å². The molecule has 0 saturated carbocycles. The third kappa shape index (κ3) is 5.76. The molecule has 22 heavy (non-hydrogen) atoms. The Balaban J connectivity index is 0.00000242. The van der Waals surface area contributed by atoms with Crippen molar-refractivity contribution < 1.29 is 4.79 Å². The fraction of sp³-hybridized carbons (Fsp3) is 0.562. The minimum absolute atomic E-state index is 0. The number of carbonyl (C=O) groups excluding carboxylic acids is 1. The molecule has 1 heterocycles. The average Bonchev–Trinajstić information content (AvgIpc) is 2.47. The minimum Gasteiger partial charge on any atom is -0.342 e. The number of nitrogens with zero attached hydrogens (tertiary/aromatic N) is 1. The van der Waals surface area contributed by atoms with E-state index in [2.05, 4.69) is 40.3 Å². The van der Waals surface area contributed by atoms with Crippen molar-refractivity contribution >= 4 is 46.0 Å². The van der Waals surface area contributed by atoms with Gasteiger partial charge < -0.3 is 10.2 Å². The van der Waals surface area contributed by atoms with E-state index in [-0.39, 0.29) is 18.3 Å². The van der Waals surface area contributed by atoms with Gasteiger partial charge in [-0.2, -0.15) is 0 Å². The van der Waals surface area contributed by atoms with Crippen LogP contribution < -0.4 is 5.32 Å². The number of benzene rings is 1. The fourth-order valence-corrected chi connectivity index (χ4v) is 4.07. The van der Waals surface area contributed by atoms with Gasteiger partial charge in [0.05, 0.1) is 5.75 Å². The first-order valence-corrected chi connectivity index (χ1v) is 9.19. The zero-order valence-corrected chi connectivity index (χ0v) is 16.3. The third-order valence-electron chi connectivity index (χ3n) is 3.95. The molecule has 0 aliphatic carbocycles. The molecule has 1 aromatic carbocycles. The summed E-state index contributed by atoms with van der Waals surface area (Å²) in [5.41, 5.74) is 1.22. The van der Waals surface area contributed by atoms with Gasteiger partial charge >= 0.3 is 0 Å². The summed E-state index contributed by atoms with van der Waals surface area (Å²) in [6.07, 6.45) is 2.24. The Kier molecular flexibility index (Phi) is 8.83. The second kappa shape index (κ2) is 9.81. The first kappa shape index (κ1) is 19.8. The van der Waals surface area contributed by atoms with E-state index >= 15 is 0 Å². The molecule has 1 amide bonds. The first-order chi connectivity index (χ1) is 10.1. The van der Waals surface area contributed by atoms with Gasteiger partial charge in [-0.25, -0.2) is 0 Å². The zero-order valence-electron chi connectivity index (χ0n) is 13.1. The normalized spacial score (nSPS) is 15.5. The minimum atomic E-state index is 0. The summed E-state index contributed by atoms with van der Waals surface area (Å²) < 4.78 is 1.09. The maximum Gasteiger partial charge on any atom is 0.232 e. The molecule has 2 rings (SSSR count). The molecule has 0 atom stereocenters. The topological polar surface area (TPSA) is 32.3 Å². The van der Waals surface area contributed by atoms with E-state index in [1.165, 1.54) is 10.5 Å². The second-order valence-electron chi connectivity index (χ2n) is 5.58. The van der Waals surface area contributed by atoms with Gasteiger partial charge in [0.1, 0.15) is 0 Å². The van der Waals surface area contributed by atoms with Crippen LogP contribution in [-0.4, -0.2) is 43.2 Å². The molecular weight excluding hydrogens is 384 g/mol. The number of thioether (sulfide) groups is 1. The monoisotopic (exact) mass is 406 g/mol. The van der Waals surface area contributed by atoms with Gasteiger partial charge in [-0.15, -0.1) is 24.2 Å². The van der Waals surface area contributed by atoms with Crippen LogP contribution in [0, 0.1) is 12.8 Å². The largest absolute Gasteiger partial charge is 0.342 e. The predicted octanol–water partition coefficient (Wildman–Crippen LogP) is 3.73. The van der Waals surface area contributed by atoms with Crippen molar-refractivity contribution in [3.8, 4) is 0 Å². The average molecular weight is 408 g/mol. The molecular formula is C16H24BrClN2OS. The molecule has 0 spiro atoms. The molecule has 0 unspecified atom stereocenters. The molecule has 1 aromatic rings. The summed E-state index contributed by atoms with van der Waals surface area (Å²) in [7, 11) is 1.99. The van der Waals surface area contributed by atoms with E-state index in [4.69, 9.17) is 0 Å². The van der Waals surface area contributed by atoms with E-state index in [9.17, 15) is 4.79 Å². The van der Waals surface area contributed by atoms with Crippen LogP contribution >= 0.6 is 40.1 Å². The summed E-state index contributed by atoms with van der Waals surface area (Å²) in [5, 5.41) is 3.23. The van der Waals surface area contributed by atoms with Crippen LogP contribution in [0.5, 0.6) is 0 Å². The summed E-state index contributed by atoms with van der Waals surface area (Å²) in [5.74, 6) is 1.53.